The fourth-order valence-corrected chi connectivity index (χ4v) is 2.47. The molecule has 114 valence electrons. The van der Waals surface area contributed by atoms with Crippen LogP contribution in [0.2, 0.25) is 0 Å². The summed E-state index contributed by atoms with van der Waals surface area (Å²) >= 11 is 5.31. The predicted octanol–water partition coefficient (Wildman–Crippen LogP) is 3.12. The molecule has 1 atom stereocenters. The van der Waals surface area contributed by atoms with E-state index in [0.717, 1.165) is 17.2 Å². The number of aryl methyl sites for hydroxylation is 1. The summed E-state index contributed by atoms with van der Waals surface area (Å²) in [5, 5.41) is 6.91. The Bertz CT molecular complexity index is 675. The Balaban J connectivity index is 1.50. The van der Waals surface area contributed by atoms with E-state index >= 15 is 0 Å². The molecule has 22 heavy (non-hydrogen) atoms. The number of benzene rings is 2. The largest absolute Gasteiger partial charge is 0.486 e. The normalized spacial score (nSPS) is 16.0. The molecule has 4 nitrogen and oxygen atoms in total. The third-order valence-electron chi connectivity index (χ3n) is 3.33. The van der Waals surface area contributed by atoms with Crippen LogP contribution in [-0.2, 0) is 0 Å². The lowest BCUT2D eigenvalue weighted by atomic mass is 10.2. The lowest BCUT2D eigenvalue weighted by Crippen LogP contribution is -2.42. The fraction of sp³-hybridized carbons (Fsp3) is 0.235. The highest BCUT2D eigenvalue weighted by atomic mass is 32.1. The number of hydrogen-bond acceptors (Lipinski definition) is 3. The van der Waals surface area contributed by atoms with Crippen molar-refractivity contribution in [2.75, 3.05) is 18.5 Å². The van der Waals surface area contributed by atoms with Gasteiger partial charge in [-0.05, 0) is 49.0 Å². The monoisotopic (exact) mass is 314 g/mol. The zero-order valence-corrected chi connectivity index (χ0v) is 13.2. The number of nitrogens with one attached hydrogen (secondary N) is 2. The SMILES string of the molecule is Cc1cccc(NC(=S)NC[C@@H]2COc3ccccc3O2)c1. The van der Waals surface area contributed by atoms with Crippen molar-refractivity contribution in [3.63, 3.8) is 0 Å². The molecule has 0 amide bonds. The molecule has 1 aliphatic rings. The topological polar surface area (TPSA) is 42.5 Å². The van der Waals surface area contributed by atoms with E-state index in [1.807, 2.05) is 55.5 Å². The Hall–Kier alpha value is -2.27. The van der Waals surface area contributed by atoms with Gasteiger partial charge in [-0.2, -0.15) is 0 Å². The molecule has 0 aromatic heterocycles. The molecule has 0 fully saturated rings. The van der Waals surface area contributed by atoms with Crippen LogP contribution in [-0.4, -0.2) is 24.4 Å². The Labute approximate surface area is 135 Å². The lowest BCUT2D eigenvalue weighted by molar-refractivity contribution is 0.0939. The van der Waals surface area contributed by atoms with E-state index < -0.39 is 0 Å². The van der Waals surface area contributed by atoms with Crippen molar-refractivity contribution in [1.82, 2.24) is 5.32 Å². The summed E-state index contributed by atoms with van der Waals surface area (Å²) in [6, 6.07) is 15.8. The maximum atomic E-state index is 5.88. The summed E-state index contributed by atoms with van der Waals surface area (Å²) in [7, 11) is 0. The molecule has 2 N–H and O–H groups in total. The van der Waals surface area contributed by atoms with Gasteiger partial charge in [-0.3, -0.25) is 0 Å². The van der Waals surface area contributed by atoms with Crippen LogP contribution in [0.1, 0.15) is 5.56 Å². The van der Waals surface area contributed by atoms with Gasteiger partial charge in [0.2, 0.25) is 0 Å². The molecule has 5 heteroatoms. The first-order chi connectivity index (χ1) is 10.7. The molecule has 1 aliphatic heterocycles. The van der Waals surface area contributed by atoms with Crippen molar-refractivity contribution < 1.29 is 9.47 Å². The van der Waals surface area contributed by atoms with Crippen molar-refractivity contribution in [1.29, 1.82) is 0 Å². The number of para-hydroxylation sites is 2. The van der Waals surface area contributed by atoms with Gasteiger partial charge in [0.15, 0.2) is 16.6 Å². The highest BCUT2D eigenvalue weighted by Gasteiger charge is 2.20. The molecule has 0 saturated carbocycles. The standard InChI is InChI=1S/C17H18N2O2S/c1-12-5-4-6-13(9-12)19-17(22)18-10-14-11-20-15-7-2-3-8-16(15)21-14/h2-9,14H,10-11H2,1H3,(H2,18,19,22)/t14-/m1/s1. The summed E-state index contributed by atoms with van der Waals surface area (Å²) in [5.74, 6) is 1.57. The molecule has 2 aromatic rings. The van der Waals surface area contributed by atoms with Gasteiger partial charge in [0.05, 0.1) is 6.54 Å². The maximum Gasteiger partial charge on any atom is 0.170 e. The second-order valence-corrected chi connectivity index (χ2v) is 5.61. The molecule has 2 aromatic carbocycles. The highest BCUT2D eigenvalue weighted by Crippen LogP contribution is 2.30. The molecular formula is C17H18N2O2S. The first-order valence-electron chi connectivity index (χ1n) is 7.21. The first-order valence-corrected chi connectivity index (χ1v) is 7.61. The molecule has 0 unspecified atom stereocenters. The molecule has 0 radical (unpaired) electrons. The predicted molar refractivity (Wildman–Crippen MR) is 91.8 cm³/mol. The Morgan fingerprint density at radius 2 is 2.00 bits per heavy atom. The van der Waals surface area contributed by atoms with Gasteiger partial charge in [-0.1, -0.05) is 24.3 Å². The smallest absolute Gasteiger partial charge is 0.170 e. The van der Waals surface area contributed by atoms with Gasteiger partial charge in [0.25, 0.3) is 0 Å². The fourth-order valence-electron chi connectivity index (χ4n) is 2.27. The Morgan fingerprint density at radius 1 is 1.18 bits per heavy atom. The summed E-state index contributed by atoms with van der Waals surface area (Å²) in [6.07, 6.45) is -0.0628. The molecule has 0 saturated heterocycles. The van der Waals surface area contributed by atoms with Gasteiger partial charge in [0, 0.05) is 5.69 Å². The average Bonchev–Trinajstić information content (AvgIpc) is 2.53. The van der Waals surface area contributed by atoms with E-state index in [2.05, 4.69) is 10.6 Å². The number of anilines is 1. The molecule has 3 rings (SSSR count). The highest BCUT2D eigenvalue weighted by molar-refractivity contribution is 7.80. The number of fused-ring (bicyclic) bond motifs is 1. The first kappa shape index (κ1) is 14.7. The van der Waals surface area contributed by atoms with E-state index in [1.54, 1.807) is 0 Å². The van der Waals surface area contributed by atoms with Crippen molar-refractivity contribution in [2.24, 2.45) is 0 Å². The minimum atomic E-state index is -0.0628. The molecule has 1 heterocycles. The Morgan fingerprint density at radius 3 is 2.82 bits per heavy atom. The van der Waals surface area contributed by atoms with Crippen LogP contribution in [0.5, 0.6) is 11.5 Å². The van der Waals surface area contributed by atoms with Gasteiger partial charge in [-0.25, -0.2) is 0 Å². The number of rotatable bonds is 3. The van der Waals surface area contributed by atoms with Crippen LogP contribution in [0.3, 0.4) is 0 Å². The number of ether oxygens (including phenoxy) is 2. The molecular weight excluding hydrogens is 296 g/mol. The Kier molecular flexibility index (Phi) is 4.44. The van der Waals surface area contributed by atoms with Crippen LogP contribution < -0.4 is 20.1 Å². The van der Waals surface area contributed by atoms with E-state index in [9.17, 15) is 0 Å². The van der Waals surface area contributed by atoms with Crippen molar-refractivity contribution >= 4 is 23.0 Å². The summed E-state index contributed by atoms with van der Waals surface area (Å²) in [4.78, 5) is 0. The minimum Gasteiger partial charge on any atom is -0.486 e. The van der Waals surface area contributed by atoms with Crippen molar-refractivity contribution in [2.45, 2.75) is 13.0 Å². The van der Waals surface area contributed by atoms with Crippen molar-refractivity contribution in [3.05, 3.63) is 54.1 Å². The van der Waals surface area contributed by atoms with Gasteiger partial charge in [0.1, 0.15) is 12.7 Å². The quantitative estimate of drug-likeness (QED) is 0.852. The van der Waals surface area contributed by atoms with Gasteiger partial charge >= 0.3 is 0 Å². The second-order valence-electron chi connectivity index (χ2n) is 5.20. The van der Waals surface area contributed by atoms with Crippen LogP contribution in [0.4, 0.5) is 5.69 Å². The van der Waals surface area contributed by atoms with Crippen LogP contribution >= 0.6 is 12.2 Å². The second kappa shape index (κ2) is 6.66. The van der Waals surface area contributed by atoms with E-state index in [1.165, 1.54) is 5.56 Å². The van der Waals surface area contributed by atoms with Crippen LogP contribution in [0, 0.1) is 6.92 Å². The number of thiocarbonyl (C=S) groups is 1. The zero-order valence-electron chi connectivity index (χ0n) is 12.3. The maximum absolute atomic E-state index is 5.88. The lowest BCUT2D eigenvalue weighted by Gasteiger charge is -2.27. The van der Waals surface area contributed by atoms with Gasteiger partial charge in [-0.15, -0.1) is 0 Å². The molecule has 0 bridgehead atoms. The third-order valence-corrected chi connectivity index (χ3v) is 3.58. The zero-order chi connectivity index (χ0) is 15.4. The summed E-state index contributed by atoms with van der Waals surface area (Å²) in [5.41, 5.74) is 2.16. The molecule has 0 spiro atoms. The summed E-state index contributed by atoms with van der Waals surface area (Å²) in [6.45, 7) is 3.15. The van der Waals surface area contributed by atoms with Crippen LogP contribution in [0.15, 0.2) is 48.5 Å². The summed E-state index contributed by atoms with van der Waals surface area (Å²) < 4.78 is 11.6. The average molecular weight is 314 g/mol. The molecule has 0 aliphatic carbocycles. The third kappa shape index (κ3) is 3.68. The number of hydrogen-bond donors (Lipinski definition) is 2. The van der Waals surface area contributed by atoms with E-state index in [0.29, 0.717) is 18.3 Å². The van der Waals surface area contributed by atoms with Gasteiger partial charge < -0.3 is 20.1 Å². The minimum absolute atomic E-state index is 0.0628. The van der Waals surface area contributed by atoms with Crippen LogP contribution in [0.25, 0.3) is 0 Å². The van der Waals surface area contributed by atoms with E-state index in [-0.39, 0.29) is 6.10 Å². The van der Waals surface area contributed by atoms with E-state index in [4.69, 9.17) is 21.7 Å². The van der Waals surface area contributed by atoms with Crippen molar-refractivity contribution in [3.8, 4) is 11.5 Å².